The van der Waals surface area contributed by atoms with Gasteiger partial charge in [-0.2, -0.15) is 0 Å². The molecular weight excluding hydrogens is 100 g/mol. The zero-order valence-electron chi connectivity index (χ0n) is 5.26. The summed E-state index contributed by atoms with van der Waals surface area (Å²) < 4.78 is 0. The minimum absolute atomic E-state index is 0.663. The van der Waals surface area contributed by atoms with E-state index < -0.39 is 0 Å². The summed E-state index contributed by atoms with van der Waals surface area (Å²) in [5, 5.41) is 0. The van der Waals surface area contributed by atoms with E-state index in [4.69, 9.17) is 0 Å². The minimum atomic E-state index is 0.663. The molecule has 0 radical (unpaired) electrons. The molecular formula is C7H12O. The molecule has 0 bridgehead atoms. The number of rotatable bonds is 4. The number of aldehydes is 1. The van der Waals surface area contributed by atoms with Gasteiger partial charge in [0.1, 0.15) is 6.29 Å². The Balaban J connectivity index is 2.90. The van der Waals surface area contributed by atoms with Crippen LogP contribution in [0.3, 0.4) is 0 Å². The van der Waals surface area contributed by atoms with E-state index in [1.54, 1.807) is 0 Å². The van der Waals surface area contributed by atoms with Crippen LogP contribution in [0.5, 0.6) is 0 Å². The van der Waals surface area contributed by atoms with E-state index in [-0.39, 0.29) is 0 Å². The van der Waals surface area contributed by atoms with Crippen LogP contribution in [0.15, 0.2) is 12.2 Å². The van der Waals surface area contributed by atoms with Crippen molar-refractivity contribution in [2.24, 2.45) is 0 Å². The van der Waals surface area contributed by atoms with Crippen molar-refractivity contribution in [2.45, 2.75) is 26.2 Å². The molecule has 0 unspecified atom stereocenters. The fourth-order valence-electron chi connectivity index (χ4n) is 0.449. The van der Waals surface area contributed by atoms with Gasteiger partial charge in [0.15, 0.2) is 0 Å². The van der Waals surface area contributed by atoms with Crippen LogP contribution < -0.4 is 0 Å². The molecule has 0 aliphatic carbocycles. The lowest BCUT2D eigenvalue weighted by Gasteiger charge is -1.79. The van der Waals surface area contributed by atoms with E-state index in [2.05, 4.69) is 13.0 Å². The molecule has 0 aromatic rings. The van der Waals surface area contributed by atoms with E-state index in [1.807, 2.05) is 6.08 Å². The number of hydrogen-bond donors (Lipinski definition) is 0. The van der Waals surface area contributed by atoms with Gasteiger partial charge in [-0.3, -0.25) is 0 Å². The maximum absolute atomic E-state index is 9.73. The first kappa shape index (κ1) is 7.41. The van der Waals surface area contributed by atoms with Gasteiger partial charge in [0.05, 0.1) is 0 Å². The molecule has 0 aliphatic rings. The predicted molar refractivity (Wildman–Crippen MR) is 34.7 cm³/mol. The SMILES string of the molecule is CC/C=C/CCC=O. The second kappa shape index (κ2) is 6.41. The second-order valence-electron chi connectivity index (χ2n) is 1.62. The Kier molecular flexibility index (Phi) is 5.94. The van der Waals surface area contributed by atoms with Crippen molar-refractivity contribution >= 4 is 6.29 Å². The monoisotopic (exact) mass is 112 g/mol. The first-order valence-corrected chi connectivity index (χ1v) is 3.00. The van der Waals surface area contributed by atoms with Crippen molar-refractivity contribution in [3.8, 4) is 0 Å². The van der Waals surface area contributed by atoms with Crippen molar-refractivity contribution in [3.63, 3.8) is 0 Å². The van der Waals surface area contributed by atoms with Crippen molar-refractivity contribution in [3.05, 3.63) is 12.2 Å². The summed E-state index contributed by atoms with van der Waals surface area (Å²) in [6, 6.07) is 0. The molecule has 0 saturated carbocycles. The Bertz CT molecular complexity index is 74.5. The number of allylic oxidation sites excluding steroid dienone is 2. The number of unbranched alkanes of at least 4 members (excludes halogenated alkanes) is 1. The van der Waals surface area contributed by atoms with Crippen LogP contribution in [0.4, 0.5) is 0 Å². The smallest absolute Gasteiger partial charge is 0.120 e. The molecule has 0 saturated heterocycles. The lowest BCUT2D eigenvalue weighted by molar-refractivity contribution is -0.107. The molecule has 1 nitrogen and oxygen atoms in total. The Hall–Kier alpha value is -0.590. The average molecular weight is 112 g/mol. The molecule has 0 atom stereocenters. The highest BCUT2D eigenvalue weighted by molar-refractivity contribution is 5.49. The van der Waals surface area contributed by atoms with Gasteiger partial charge in [-0.05, 0) is 12.8 Å². The van der Waals surface area contributed by atoms with Crippen LogP contribution in [0.25, 0.3) is 0 Å². The summed E-state index contributed by atoms with van der Waals surface area (Å²) >= 11 is 0. The molecule has 46 valence electrons. The van der Waals surface area contributed by atoms with E-state index in [0.717, 1.165) is 19.1 Å². The van der Waals surface area contributed by atoms with Crippen LogP contribution >= 0.6 is 0 Å². The molecule has 0 amide bonds. The summed E-state index contributed by atoms with van der Waals surface area (Å²) in [5.41, 5.74) is 0. The summed E-state index contributed by atoms with van der Waals surface area (Å²) in [6.07, 6.45) is 7.69. The van der Waals surface area contributed by atoms with Gasteiger partial charge in [-0.1, -0.05) is 19.1 Å². The molecule has 0 N–H and O–H groups in total. The lowest BCUT2D eigenvalue weighted by atomic mass is 10.3. The zero-order chi connectivity index (χ0) is 6.24. The third kappa shape index (κ3) is 5.41. The third-order valence-electron chi connectivity index (χ3n) is 0.854. The molecule has 0 spiro atoms. The van der Waals surface area contributed by atoms with Crippen molar-refractivity contribution in [1.82, 2.24) is 0 Å². The van der Waals surface area contributed by atoms with Crippen molar-refractivity contribution < 1.29 is 4.79 Å². The van der Waals surface area contributed by atoms with Gasteiger partial charge in [0, 0.05) is 6.42 Å². The maximum Gasteiger partial charge on any atom is 0.120 e. The van der Waals surface area contributed by atoms with Crippen LogP contribution in [0.1, 0.15) is 26.2 Å². The van der Waals surface area contributed by atoms with E-state index in [0.29, 0.717) is 6.42 Å². The van der Waals surface area contributed by atoms with Crippen LogP contribution in [-0.2, 0) is 4.79 Å². The molecule has 1 heteroatoms. The van der Waals surface area contributed by atoms with Gasteiger partial charge in [0.25, 0.3) is 0 Å². The van der Waals surface area contributed by atoms with Crippen molar-refractivity contribution in [2.75, 3.05) is 0 Å². The van der Waals surface area contributed by atoms with Gasteiger partial charge in [-0.15, -0.1) is 0 Å². The summed E-state index contributed by atoms with van der Waals surface area (Å²) in [4.78, 5) is 9.73. The van der Waals surface area contributed by atoms with Crippen LogP contribution in [0.2, 0.25) is 0 Å². The highest BCUT2D eigenvalue weighted by Crippen LogP contribution is 1.87. The third-order valence-corrected chi connectivity index (χ3v) is 0.854. The summed E-state index contributed by atoms with van der Waals surface area (Å²) in [6.45, 7) is 2.08. The van der Waals surface area contributed by atoms with E-state index >= 15 is 0 Å². The first-order chi connectivity index (χ1) is 3.91. The number of carbonyl (C=O) groups excluding carboxylic acids is 1. The normalized spacial score (nSPS) is 10.1. The molecule has 0 aromatic heterocycles. The topological polar surface area (TPSA) is 17.1 Å². The average Bonchev–Trinajstić information content (AvgIpc) is 1.81. The van der Waals surface area contributed by atoms with Gasteiger partial charge >= 0.3 is 0 Å². The largest absolute Gasteiger partial charge is 0.303 e. The zero-order valence-corrected chi connectivity index (χ0v) is 5.26. The highest BCUT2D eigenvalue weighted by atomic mass is 16.1. The van der Waals surface area contributed by atoms with E-state index in [9.17, 15) is 4.79 Å². The minimum Gasteiger partial charge on any atom is -0.303 e. The van der Waals surface area contributed by atoms with Gasteiger partial charge < -0.3 is 4.79 Å². The van der Waals surface area contributed by atoms with Gasteiger partial charge in [0.2, 0.25) is 0 Å². The highest BCUT2D eigenvalue weighted by Gasteiger charge is 1.74. The Morgan fingerprint density at radius 1 is 1.25 bits per heavy atom. The summed E-state index contributed by atoms with van der Waals surface area (Å²) in [7, 11) is 0. The fraction of sp³-hybridized carbons (Fsp3) is 0.571. The molecule has 0 rings (SSSR count). The van der Waals surface area contributed by atoms with Crippen LogP contribution in [-0.4, -0.2) is 6.29 Å². The van der Waals surface area contributed by atoms with Gasteiger partial charge in [-0.25, -0.2) is 0 Å². The molecule has 0 aromatic carbocycles. The number of carbonyl (C=O) groups is 1. The lowest BCUT2D eigenvalue weighted by Crippen LogP contribution is -1.69. The molecule has 8 heavy (non-hydrogen) atoms. The Morgan fingerprint density at radius 2 is 2.00 bits per heavy atom. The molecule has 0 heterocycles. The van der Waals surface area contributed by atoms with Crippen molar-refractivity contribution in [1.29, 1.82) is 0 Å². The second-order valence-corrected chi connectivity index (χ2v) is 1.62. The predicted octanol–water partition coefficient (Wildman–Crippen LogP) is 1.93. The Labute approximate surface area is 50.4 Å². The Morgan fingerprint density at radius 3 is 2.50 bits per heavy atom. The van der Waals surface area contributed by atoms with Crippen LogP contribution in [0, 0.1) is 0 Å². The first-order valence-electron chi connectivity index (χ1n) is 3.00. The molecule has 0 aliphatic heterocycles. The number of hydrogen-bond acceptors (Lipinski definition) is 1. The fourth-order valence-corrected chi connectivity index (χ4v) is 0.449. The standard InChI is InChI=1S/C7H12O/c1-2-3-4-5-6-7-8/h3-4,7H,2,5-6H2,1H3/b4-3+. The maximum atomic E-state index is 9.73. The molecule has 0 fully saturated rings. The quantitative estimate of drug-likeness (QED) is 0.308. The van der Waals surface area contributed by atoms with E-state index in [1.165, 1.54) is 0 Å². The summed E-state index contributed by atoms with van der Waals surface area (Å²) in [5.74, 6) is 0.